The van der Waals surface area contributed by atoms with Crippen LogP contribution in [0.2, 0.25) is 0 Å². The minimum Gasteiger partial charge on any atom is -0.376 e. The molecule has 2 aliphatic heterocycles. The molecule has 0 aromatic rings. The van der Waals surface area contributed by atoms with E-state index in [0.717, 1.165) is 65.4 Å². The Labute approximate surface area is 169 Å². The van der Waals surface area contributed by atoms with Gasteiger partial charge in [0.15, 0.2) is 0 Å². The molecule has 152 valence electrons. The molecule has 1 amide bonds. The first-order valence-corrected chi connectivity index (χ1v) is 11.6. The van der Waals surface area contributed by atoms with Crippen molar-refractivity contribution in [2.75, 3.05) is 59.0 Å². The van der Waals surface area contributed by atoms with Crippen molar-refractivity contribution in [3.05, 3.63) is 0 Å². The Hall–Kier alpha value is 0.0500. The molecule has 2 heterocycles. The number of rotatable bonds is 6. The summed E-state index contributed by atoms with van der Waals surface area (Å²) in [5, 5.41) is 0. The van der Waals surface area contributed by atoms with Crippen molar-refractivity contribution in [3.8, 4) is 0 Å². The van der Waals surface area contributed by atoms with E-state index in [1.54, 1.807) is 17.7 Å². The van der Waals surface area contributed by atoms with Gasteiger partial charge in [0.05, 0.1) is 12.7 Å². The minimum atomic E-state index is 0.0525. The van der Waals surface area contributed by atoms with Crippen LogP contribution < -0.4 is 0 Å². The van der Waals surface area contributed by atoms with Gasteiger partial charge in [-0.1, -0.05) is 31.6 Å². The van der Waals surface area contributed by atoms with Gasteiger partial charge in [-0.3, -0.25) is 14.6 Å². The van der Waals surface area contributed by atoms with Crippen molar-refractivity contribution in [2.45, 2.75) is 51.9 Å². The van der Waals surface area contributed by atoms with Crippen molar-refractivity contribution in [1.82, 2.24) is 14.7 Å². The topological polar surface area (TPSA) is 36.0 Å². The van der Waals surface area contributed by atoms with Crippen LogP contribution in [0, 0.1) is 5.41 Å². The van der Waals surface area contributed by atoms with E-state index in [1.165, 1.54) is 0 Å². The van der Waals surface area contributed by atoms with Crippen LogP contribution >= 0.6 is 22.5 Å². The lowest BCUT2D eigenvalue weighted by molar-refractivity contribution is -0.130. The normalized spacial score (nSPS) is 25.9. The molecule has 7 heteroatoms. The fraction of sp³-hybridized carbons (Fsp3) is 0.947. The first-order valence-electron chi connectivity index (χ1n) is 9.75. The highest BCUT2D eigenvalue weighted by atomic mass is 33.1. The number of thiol groups is 1. The van der Waals surface area contributed by atoms with Gasteiger partial charge in [-0.05, 0) is 18.8 Å². The lowest BCUT2D eigenvalue weighted by Gasteiger charge is -2.42. The predicted molar refractivity (Wildman–Crippen MR) is 114 cm³/mol. The molecule has 0 aliphatic carbocycles. The molecule has 2 atom stereocenters. The van der Waals surface area contributed by atoms with Crippen molar-refractivity contribution >= 4 is 28.4 Å². The fourth-order valence-electron chi connectivity index (χ4n) is 4.02. The van der Waals surface area contributed by atoms with Crippen LogP contribution in [0.3, 0.4) is 0 Å². The molecule has 5 nitrogen and oxygen atoms in total. The highest BCUT2D eigenvalue weighted by molar-refractivity contribution is 8.69. The smallest absolute Gasteiger partial charge is 0.219 e. The summed E-state index contributed by atoms with van der Waals surface area (Å²) < 4.78 is 6.15. The summed E-state index contributed by atoms with van der Waals surface area (Å²) >= 11 is 4.60. The average molecular weight is 404 g/mol. The van der Waals surface area contributed by atoms with Gasteiger partial charge in [-0.15, -0.1) is 11.7 Å². The number of hydrogen-bond acceptors (Lipinski definition) is 6. The third-order valence-corrected chi connectivity index (χ3v) is 7.24. The average Bonchev–Trinajstić information content (AvgIpc) is 2.54. The Kier molecular flexibility index (Phi) is 8.16. The molecule has 0 bridgehead atoms. The lowest BCUT2D eigenvalue weighted by Crippen LogP contribution is -2.53. The zero-order valence-corrected chi connectivity index (χ0v) is 18.9. The molecule has 2 saturated heterocycles. The van der Waals surface area contributed by atoms with Crippen molar-refractivity contribution in [3.63, 3.8) is 0 Å². The number of carbonyl (C=O) groups excluding carboxylic acids is 1. The second-order valence-corrected chi connectivity index (χ2v) is 11.0. The SMILES string of the molecule is CC(=O)N1CCN(CC(C)(CC2CN(CC(C)(C)C)CCO2)SS)CC1. The second-order valence-electron chi connectivity index (χ2n) is 9.32. The monoisotopic (exact) mass is 403 g/mol. The van der Waals surface area contributed by atoms with Gasteiger partial charge in [-0.25, -0.2) is 0 Å². The van der Waals surface area contributed by atoms with Crippen LogP contribution in [0.5, 0.6) is 0 Å². The molecule has 2 fully saturated rings. The molecule has 2 aliphatic rings. The summed E-state index contributed by atoms with van der Waals surface area (Å²) in [5.74, 6) is 0.186. The molecule has 0 aromatic heterocycles. The molecule has 0 N–H and O–H groups in total. The Morgan fingerprint density at radius 1 is 1.08 bits per heavy atom. The summed E-state index contributed by atoms with van der Waals surface area (Å²) in [5.41, 5.74) is 0.319. The number of morpholine rings is 1. The first kappa shape index (κ1) is 22.3. The van der Waals surface area contributed by atoms with E-state index in [1.807, 2.05) is 4.90 Å². The van der Waals surface area contributed by atoms with Crippen LogP contribution in [0.4, 0.5) is 0 Å². The van der Waals surface area contributed by atoms with Crippen LogP contribution in [-0.4, -0.2) is 90.4 Å². The number of carbonyl (C=O) groups is 1. The summed E-state index contributed by atoms with van der Waals surface area (Å²) in [6, 6.07) is 0. The van der Waals surface area contributed by atoms with Gasteiger partial charge in [0.1, 0.15) is 0 Å². The molecule has 0 spiro atoms. The largest absolute Gasteiger partial charge is 0.376 e. The lowest BCUT2D eigenvalue weighted by atomic mass is 9.94. The number of piperazine rings is 1. The quantitative estimate of drug-likeness (QED) is 0.545. The minimum absolute atomic E-state index is 0.0525. The zero-order valence-electron chi connectivity index (χ0n) is 17.2. The molecule has 0 aromatic carbocycles. The Morgan fingerprint density at radius 2 is 1.73 bits per heavy atom. The number of amides is 1. The van der Waals surface area contributed by atoms with Crippen molar-refractivity contribution < 1.29 is 9.53 Å². The van der Waals surface area contributed by atoms with Crippen LogP contribution in [0.15, 0.2) is 0 Å². The fourth-order valence-corrected chi connectivity index (χ4v) is 4.92. The van der Waals surface area contributed by atoms with Gasteiger partial charge in [0.2, 0.25) is 5.91 Å². The van der Waals surface area contributed by atoms with Crippen LogP contribution in [0.1, 0.15) is 41.0 Å². The summed E-state index contributed by atoms with van der Waals surface area (Å²) in [6.07, 6.45) is 1.28. The molecule has 0 radical (unpaired) electrons. The highest BCUT2D eigenvalue weighted by Crippen LogP contribution is 2.35. The van der Waals surface area contributed by atoms with E-state index in [0.29, 0.717) is 5.41 Å². The molecule has 2 rings (SSSR count). The second kappa shape index (κ2) is 9.50. The summed E-state index contributed by atoms with van der Waals surface area (Å²) in [4.78, 5) is 18.5. The third kappa shape index (κ3) is 7.23. The Balaban J connectivity index is 1.85. The number of nitrogens with zero attached hydrogens (tertiary/aromatic N) is 3. The van der Waals surface area contributed by atoms with Gasteiger partial charge < -0.3 is 9.64 Å². The Morgan fingerprint density at radius 3 is 2.27 bits per heavy atom. The number of ether oxygens (including phenoxy) is 1. The van der Waals surface area contributed by atoms with E-state index in [-0.39, 0.29) is 16.8 Å². The zero-order chi connectivity index (χ0) is 19.4. The van der Waals surface area contributed by atoms with E-state index in [2.05, 4.69) is 49.2 Å². The molecule has 0 saturated carbocycles. The summed E-state index contributed by atoms with van der Waals surface area (Å²) in [7, 11) is 1.65. The van der Waals surface area contributed by atoms with Crippen molar-refractivity contribution in [1.29, 1.82) is 0 Å². The van der Waals surface area contributed by atoms with E-state index >= 15 is 0 Å². The number of hydrogen-bond donors (Lipinski definition) is 1. The van der Waals surface area contributed by atoms with Crippen LogP contribution in [-0.2, 0) is 9.53 Å². The predicted octanol–water partition coefficient (Wildman–Crippen LogP) is 2.62. The van der Waals surface area contributed by atoms with Gasteiger partial charge in [-0.2, -0.15) is 0 Å². The highest BCUT2D eigenvalue weighted by Gasteiger charge is 2.34. The van der Waals surface area contributed by atoms with E-state index in [9.17, 15) is 4.79 Å². The molecular formula is C19H37N3O2S2. The summed E-state index contributed by atoms with van der Waals surface area (Å²) in [6.45, 7) is 19.4. The van der Waals surface area contributed by atoms with Crippen LogP contribution in [0.25, 0.3) is 0 Å². The maximum absolute atomic E-state index is 11.5. The van der Waals surface area contributed by atoms with Gasteiger partial charge >= 0.3 is 0 Å². The third-order valence-electron chi connectivity index (χ3n) is 5.18. The first-order chi connectivity index (χ1) is 12.1. The molecule has 26 heavy (non-hydrogen) atoms. The van der Waals surface area contributed by atoms with E-state index in [4.69, 9.17) is 4.74 Å². The maximum Gasteiger partial charge on any atom is 0.219 e. The molecular weight excluding hydrogens is 366 g/mol. The molecule has 2 unspecified atom stereocenters. The van der Waals surface area contributed by atoms with Gasteiger partial charge in [0.25, 0.3) is 0 Å². The maximum atomic E-state index is 11.5. The Bertz CT molecular complexity index is 464. The van der Waals surface area contributed by atoms with E-state index < -0.39 is 0 Å². The standard InChI is InChI=1S/C19H37N3O2S2/c1-16(23)22-8-6-20(7-9-22)15-19(5,26-25)12-17-13-21(10-11-24-17)14-18(2,3)4/h17,25H,6-15H2,1-5H3. The van der Waals surface area contributed by atoms with Crippen molar-refractivity contribution in [2.24, 2.45) is 5.41 Å². The van der Waals surface area contributed by atoms with Gasteiger partial charge in [0, 0.05) is 64.0 Å².